The number of nitrogens with one attached hydrogen (secondary N) is 1. The topological polar surface area (TPSA) is 32.3 Å². The maximum absolute atomic E-state index is 9.48. The van der Waals surface area contributed by atoms with Gasteiger partial charge in [-0.2, -0.15) is 0 Å². The molecule has 0 amide bonds. The molecule has 1 fully saturated rings. The third kappa shape index (κ3) is 3.59. The van der Waals surface area contributed by atoms with Gasteiger partial charge in [0.25, 0.3) is 0 Å². The quantitative estimate of drug-likeness (QED) is 0.790. The van der Waals surface area contributed by atoms with Gasteiger partial charge < -0.3 is 10.4 Å². The summed E-state index contributed by atoms with van der Waals surface area (Å²) in [6.45, 7) is 2.32. The first-order chi connectivity index (χ1) is 12.2. The Hall–Kier alpha value is -1.80. The van der Waals surface area contributed by atoms with Gasteiger partial charge in [-0.05, 0) is 86.1 Å². The lowest BCUT2D eigenvalue weighted by Gasteiger charge is -2.30. The maximum atomic E-state index is 9.48. The normalized spacial score (nSPS) is 29.7. The summed E-state index contributed by atoms with van der Waals surface area (Å²) in [6, 6.07) is 8.79. The van der Waals surface area contributed by atoms with E-state index in [1.54, 1.807) is 5.57 Å². The van der Waals surface area contributed by atoms with Gasteiger partial charge in [0.1, 0.15) is 5.75 Å². The van der Waals surface area contributed by atoms with Crippen LogP contribution in [-0.4, -0.2) is 17.2 Å². The number of rotatable bonds is 4. The lowest BCUT2D eigenvalue weighted by molar-refractivity contribution is 0.470. The van der Waals surface area contributed by atoms with Crippen LogP contribution in [0.4, 0.5) is 0 Å². The van der Waals surface area contributed by atoms with Crippen molar-refractivity contribution in [3.8, 4) is 5.75 Å². The minimum Gasteiger partial charge on any atom is -0.508 e. The molecular formula is C23H29NO. The molecule has 2 N–H and O–H groups in total. The molecule has 1 aromatic rings. The number of hydrogen-bond acceptors (Lipinski definition) is 2. The summed E-state index contributed by atoms with van der Waals surface area (Å²) in [5, 5.41) is 13.4. The lowest BCUT2D eigenvalue weighted by Crippen LogP contribution is -2.37. The van der Waals surface area contributed by atoms with Crippen molar-refractivity contribution >= 4 is 0 Å². The number of aromatic hydroxyl groups is 1. The minimum absolute atomic E-state index is 0.359. The van der Waals surface area contributed by atoms with Crippen LogP contribution in [0.1, 0.15) is 56.9 Å². The standard InChI is InChI=1S/C23H29NO/c1-16(22-8-4-6-18-5-2-3-7-23(18)22)24-20-12-9-19(15-20)17-10-13-21(25)14-11-17/h3-4,7-8,10-11,13-14,16,18-20,24-25H,2,5-6,9,12,15H2,1H3/t16-,18?,19-,20+/m1/s1. The molecular weight excluding hydrogens is 306 g/mol. The SMILES string of the molecule is C[C@@H](N[C@H]1CC[C@@H](c2ccc(O)cc2)C1)C1=C2C=CCCC2CC=C1. The Morgan fingerprint density at radius 1 is 1.00 bits per heavy atom. The summed E-state index contributed by atoms with van der Waals surface area (Å²) in [5.41, 5.74) is 4.44. The molecule has 0 heterocycles. The van der Waals surface area contributed by atoms with E-state index < -0.39 is 0 Å². The predicted octanol–water partition coefficient (Wildman–Crippen LogP) is 5.23. The molecule has 0 saturated heterocycles. The van der Waals surface area contributed by atoms with Gasteiger partial charge in [-0.25, -0.2) is 0 Å². The zero-order valence-electron chi connectivity index (χ0n) is 15.1. The zero-order chi connectivity index (χ0) is 17.2. The van der Waals surface area contributed by atoms with Gasteiger partial charge in [0.2, 0.25) is 0 Å². The van der Waals surface area contributed by atoms with Crippen molar-refractivity contribution in [2.24, 2.45) is 5.92 Å². The van der Waals surface area contributed by atoms with Crippen molar-refractivity contribution in [2.45, 2.75) is 63.5 Å². The number of phenols is 1. The van der Waals surface area contributed by atoms with E-state index in [2.05, 4.69) is 48.7 Å². The Kier molecular flexibility index (Phi) is 4.80. The van der Waals surface area contributed by atoms with Gasteiger partial charge in [0, 0.05) is 12.1 Å². The molecule has 3 aliphatic rings. The van der Waals surface area contributed by atoms with E-state index in [0.717, 1.165) is 5.92 Å². The molecule has 4 atom stereocenters. The van der Waals surface area contributed by atoms with Crippen LogP contribution in [0.25, 0.3) is 0 Å². The number of hydrogen-bond donors (Lipinski definition) is 2. The highest BCUT2D eigenvalue weighted by atomic mass is 16.3. The molecule has 1 unspecified atom stereocenters. The van der Waals surface area contributed by atoms with E-state index >= 15 is 0 Å². The largest absolute Gasteiger partial charge is 0.508 e. The van der Waals surface area contributed by atoms with Crippen molar-refractivity contribution in [3.63, 3.8) is 0 Å². The first kappa shape index (κ1) is 16.7. The number of benzene rings is 1. The summed E-state index contributed by atoms with van der Waals surface area (Å²) in [4.78, 5) is 0. The molecule has 25 heavy (non-hydrogen) atoms. The number of allylic oxidation sites excluding steroid dienone is 4. The van der Waals surface area contributed by atoms with Gasteiger partial charge in [-0.15, -0.1) is 0 Å². The molecule has 0 radical (unpaired) electrons. The highest BCUT2D eigenvalue weighted by molar-refractivity contribution is 5.42. The summed E-state index contributed by atoms with van der Waals surface area (Å²) in [6.07, 6.45) is 16.9. The predicted molar refractivity (Wildman–Crippen MR) is 104 cm³/mol. The van der Waals surface area contributed by atoms with E-state index in [1.807, 2.05) is 12.1 Å². The van der Waals surface area contributed by atoms with Crippen LogP contribution < -0.4 is 5.32 Å². The Morgan fingerprint density at radius 2 is 1.84 bits per heavy atom. The Morgan fingerprint density at radius 3 is 2.68 bits per heavy atom. The smallest absolute Gasteiger partial charge is 0.115 e. The van der Waals surface area contributed by atoms with E-state index in [-0.39, 0.29) is 0 Å². The van der Waals surface area contributed by atoms with Crippen LogP contribution in [0.3, 0.4) is 0 Å². The average molecular weight is 335 g/mol. The van der Waals surface area contributed by atoms with Crippen molar-refractivity contribution in [2.75, 3.05) is 0 Å². The lowest BCUT2D eigenvalue weighted by atomic mass is 9.79. The van der Waals surface area contributed by atoms with Crippen LogP contribution in [0, 0.1) is 5.92 Å². The fourth-order valence-electron chi connectivity index (χ4n) is 4.85. The molecule has 1 saturated carbocycles. The van der Waals surface area contributed by atoms with Crippen molar-refractivity contribution in [3.05, 3.63) is 65.3 Å². The first-order valence-corrected chi connectivity index (χ1v) is 9.83. The summed E-state index contributed by atoms with van der Waals surface area (Å²) in [7, 11) is 0. The van der Waals surface area contributed by atoms with Crippen LogP contribution in [0.2, 0.25) is 0 Å². The van der Waals surface area contributed by atoms with E-state index in [9.17, 15) is 5.11 Å². The van der Waals surface area contributed by atoms with Crippen LogP contribution in [0.5, 0.6) is 5.75 Å². The second-order valence-electron chi connectivity index (χ2n) is 7.91. The first-order valence-electron chi connectivity index (χ1n) is 9.83. The fraction of sp³-hybridized carbons (Fsp3) is 0.478. The fourth-order valence-corrected chi connectivity index (χ4v) is 4.85. The molecule has 0 bridgehead atoms. The molecule has 1 aromatic carbocycles. The van der Waals surface area contributed by atoms with Crippen molar-refractivity contribution in [1.29, 1.82) is 0 Å². The average Bonchev–Trinajstić information content (AvgIpc) is 3.10. The highest BCUT2D eigenvalue weighted by Crippen LogP contribution is 2.37. The van der Waals surface area contributed by atoms with E-state index in [4.69, 9.17) is 0 Å². The minimum atomic E-state index is 0.359. The molecule has 2 heteroatoms. The van der Waals surface area contributed by atoms with Gasteiger partial charge in [-0.3, -0.25) is 0 Å². The summed E-state index contributed by atoms with van der Waals surface area (Å²) >= 11 is 0. The van der Waals surface area contributed by atoms with Gasteiger partial charge in [-0.1, -0.05) is 36.4 Å². The molecule has 0 aliphatic heterocycles. The zero-order valence-corrected chi connectivity index (χ0v) is 15.1. The van der Waals surface area contributed by atoms with E-state index in [0.29, 0.717) is 23.8 Å². The highest BCUT2D eigenvalue weighted by Gasteiger charge is 2.29. The number of fused-ring (bicyclic) bond motifs is 1. The molecule has 132 valence electrons. The maximum Gasteiger partial charge on any atom is 0.115 e. The Balaban J connectivity index is 1.42. The molecule has 4 rings (SSSR count). The summed E-state index contributed by atoms with van der Waals surface area (Å²) in [5.74, 6) is 1.72. The van der Waals surface area contributed by atoms with E-state index in [1.165, 1.54) is 49.7 Å². The monoisotopic (exact) mass is 335 g/mol. The third-order valence-corrected chi connectivity index (χ3v) is 6.22. The summed E-state index contributed by atoms with van der Waals surface area (Å²) < 4.78 is 0. The van der Waals surface area contributed by atoms with Crippen molar-refractivity contribution in [1.82, 2.24) is 5.32 Å². The molecule has 0 spiro atoms. The second kappa shape index (κ2) is 7.21. The third-order valence-electron chi connectivity index (χ3n) is 6.22. The Labute approximate surface area is 151 Å². The Bertz CT molecular complexity index is 697. The van der Waals surface area contributed by atoms with Crippen molar-refractivity contribution < 1.29 is 5.11 Å². The molecule has 2 nitrogen and oxygen atoms in total. The number of phenolic OH excluding ortho intramolecular Hbond substituents is 1. The van der Waals surface area contributed by atoms with Gasteiger partial charge in [0.15, 0.2) is 0 Å². The van der Waals surface area contributed by atoms with Gasteiger partial charge in [0.05, 0.1) is 0 Å². The van der Waals surface area contributed by atoms with Crippen LogP contribution in [0.15, 0.2) is 59.7 Å². The molecule has 0 aromatic heterocycles. The van der Waals surface area contributed by atoms with Gasteiger partial charge >= 0.3 is 0 Å². The second-order valence-corrected chi connectivity index (χ2v) is 7.91. The van der Waals surface area contributed by atoms with Crippen LogP contribution >= 0.6 is 0 Å². The molecule has 3 aliphatic carbocycles. The van der Waals surface area contributed by atoms with Crippen LogP contribution in [-0.2, 0) is 0 Å².